The van der Waals surface area contributed by atoms with Crippen LogP contribution in [0.2, 0.25) is 0 Å². The van der Waals surface area contributed by atoms with Crippen LogP contribution in [0.15, 0.2) is 0 Å². The first-order valence-electron chi connectivity index (χ1n) is 20.6. The predicted octanol–water partition coefficient (Wildman–Crippen LogP) is 16.3. The van der Waals surface area contributed by atoms with Gasteiger partial charge in [0, 0.05) is 0 Å². The molecule has 0 saturated heterocycles. The molecule has 0 aromatic rings. The highest BCUT2D eigenvalue weighted by molar-refractivity contribution is 4.62. The van der Waals surface area contributed by atoms with Crippen molar-refractivity contribution in [3.63, 3.8) is 0 Å². The van der Waals surface area contributed by atoms with E-state index in [1.165, 1.54) is 238 Å². The van der Waals surface area contributed by atoms with Crippen LogP contribution in [0, 0.1) is 12.8 Å². The van der Waals surface area contributed by atoms with Crippen LogP contribution in [0.3, 0.4) is 0 Å². The maximum Gasteiger partial charge on any atom is -0.0414 e. The van der Waals surface area contributed by atoms with Gasteiger partial charge in [-0.3, -0.25) is 0 Å². The number of hydrogen-bond acceptors (Lipinski definition) is 0. The van der Waals surface area contributed by atoms with E-state index in [4.69, 9.17) is 0 Å². The Balaban J connectivity index is 3.59. The molecule has 0 N–H and O–H groups in total. The van der Waals surface area contributed by atoms with E-state index in [1.807, 2.05) is 0 Å². The summed E-state index contributed by atoms with van der Waals surface area (Å²) >= 11 is 0. The van der Waals surface area contributed by atoms with Crippen molar-refractivity contribution in [2.45, 2.75) is 258 Å². The quantitative estimate of drug-likeness (QED) is 0.0628. The van der Waals surface area contributed by atoms with Gasteiger partial charge >= 0.3 is 0 Å². The molecular weight excluding hydrogens is 504 g/mol. The van der Waals surface area contributed by atoms with E-state index in [0.29, 0.717) is 0 Å². The summed E-state index contributed by atoms with van der Waals surface area (Å²) in [6.45, 7) is 8.67. The van der Waals surface area contributed by atoms with Crippen LogP contribution in [0.4, 0.5) is 0 Å². The molecule has 42 heavy (non-hydrogen) atoms. The Morgan fingerprint density at radius 1 is 0.262 bits per heavy atom. The van der Waals surface area contributed by atoms with Crippen LogP contribution < -0.4 is 0 Å². The molecule has 0 aliphatic heterocycles. The van der Waals surface area contributed by atoms with Crippen molar-refractivity contribution in [2.24, 2.45) is 5.92 Å². The van der Waals surface area contributed by atoms with Crippen molar-refractivity contribution in [3.05, 3.63) is 6.92 Å². The normalized spacial score (nSPS) is 12.4. The molecule has 0 amide bonds. The predicted molar refractivity (Wildman–Crippen MR) is 196 cm³/mol. The van der Waals surface area contributed by atoms with Crippen LogP contribution >= 0.6 is 0 Å². The summed E-state index contributed by atoms with van der Waals surface area (Å²) in [4.78, 5) is 0. The Morgan fingerprint density at radius 2 is 0.452 bits per heavy atom. The van der Waals surface area contributed by atoms with Crippen LogP contribution in [-0.4, -0.2) is 0 Å². The van der Waals surface area contributed by atoms with Crippen LogP contribution in [0.5, 0.6) is 0 Å². The molecule has 0 rings (SSSR count). The lowest BCUT2D eigenvalue weighted by molar-refractivity contribution is 0.366. The molecule has 1 radical (unpaired) electrons. The molecule has 0 aliphatic rings. The van der Waals surface area contributed by atoms with Crippen molar-refractivity contribution >= 4 is 0 Å². The summed E-state index contributed by atoms with van der Waals surface area (Å²) in [6.07, 6.45) is 55.6. The fourth-order valence-corrected chi connectivity index (χ4v) is 7.01. The number of rotatable bonds is 38. The first-order valence-corrected chi connectivity index (χ1v) is 20.6. The zero-order valence-electron chi connectivity index (χ0n) is 30.2. The van der Waals surface area contributed by atoms with E-state index in [0.717, 1.165) is 12.3 Å². The summed E-state index contributed by atoms with van der Waals surface area (Å²) in [5.41, 5.74) is 0. The second-order valence-corrected chi connectivity index (χ2v) is 14.4. The van der Waals surface area contributed by atoms with Gasteiger partial charge in [0.15, 0.2) is 0 Å². The molecule has 0 saturated carbocycles. The molecule has 0 spiro atoms. The number of unbranched alkanes of at least 4 members (excludes halogenated alkanes) is 32. The second kappa shape index (κ2) is 39.0. The average molecular weight is 590 g/mol. The van der Waals surface area contributed by atoms with Gasteiger partial charge in [-0.2, -0.15) is 0 Å². The van der Waals surface area contributed by atoms with Gasteiger partial charge in [-0.05, 0) is 5.92 Å². The fourth-order valence-electron chi connectivity index (χ4n) is 7.01. The smallest absolute Gasteiger partial charge is 0.0414 e. The van der Waals surface area contributed by atoms with Crippen LogP contribution in [-0.2, 0) is 0 Å². The Labute approximate surface area is 270 Å². The van der Waals surface area contributed by atoms with Gasteiger partial charge in [0.1, 0.15) is 0 Å². The summed E-state index contributed by atoms with van der Waals surface area (Å²) in [6, 6.07) is 0. The summed E-state index contributed by atoms with van der Waals surface area (Å²) < 4.78 is 0. The first-order chi connectivity index (χ1) is 20.8. The van der Waals surface area contributed by atoms with Crippen molar-refractivity contribution < 1.29 is 0 Å². The summed E-state index contributed by atoms with van der Waals surface area (Å²) in [7, 11) is 0. The molecule has 0 heteroatoms. The Bertz CT molecular complexity index is 439. The van der Waals surface area contributed by atoms with Gasteiger partial charge < -0.3 is 0 Å². The molecule has 1 atom stereocenters. The third-order valence-corrected chi connectivity index (χ3v) is 10.0. The first kappa shape index (κ1) is 42.0. The van der Waals surface area contributed by atoms with E-state index < -0.39 is 0 Å². The van der Waals surface area contributed by atoms with E-state index in [2.05, 4.69) is 20.8 Å². The van der Waals surface area contributed by atoms with Crippen molar-refractivity contribution in [3.8, 4) is 0 Å². The maximum absolute atomic E-state index is 4.05. The molecule has 0 nitrogen and oxygen atoms in total. The summed E-state index contributed by atoms with van der Waals surface area (Å²) in [5.74, 6) is 1.02. The van der Waals surface area contributed by atoms with E-state index >= 15 is 0 Å². The van der Waals surface area contributed by atoms with Gasteiger partial charge in [-0.1, -0.05) is 265 Å². The van der Waals surface area contributed by atoms with E-state index in [9.17, 15) is 0 Å². The van der Waals surface area contributed by atoms with Gasteiger partial charge in [0.2, 0.25) is 0 Å². The average Bonchev–Trinajstić information content (AvgIpc) is 3.00. The minimum Gasteiger partial charge on any atom is -0.0654 e. The lowest BCUT2D eigenvalue weighted by atomic mass is 9.89. The highest BCUT2D eigenvalue weighted by Gasteiger charge is 2.09. The lowest BCUT2D eigenvalue weighted by Crippen LogP contribution is -2.01. The monoisotopic (exact) mass is 590 g/mol. The Kier molecular flexibility index (Phi) is 39.0. The topological polar surface area (TPSA) is 0 Å². The number of hydrogen-bond donors (Lipinski definition) is 0. The molecule has 0 heterocycles. The van der Waals surface area contributed by atoms with Gasteiger partial charge in [-0.15, -0.1) is 0 Å². The van der Waals surface area contributed by atoms with E-state index in [-0.39, 0.29) is 0 Å². The molecule has 0 aliphatic carbocycles. The fraction of sp³-hybridized carbons (Fsp3) is 0.976. The second-order valence-electron chi connectivity index (χ2n) is 14.4. The van der Waals surface area contributed by atoms with E-state index in [1.54, 1.807) is 0 Å². The molecule has 0 aromatic heterocycles. The minimum absolute atomic E-state index is 1.02. The van der Waals surface area contributed by atoms with Gasteiger partial charge in [-0.25, -0.2) is 0 Å². The molecule has 0 bridgehead atoms. The molecule has 0 fully saturated rings. The zero-order chi connectivity index (χ0) is 30.4. The lowest BCUT2D eigenvalue weighted by Gasteiger charge is -2.17. The molecule has 253 valence electrons. The SMILES string of the molecule is [CH2]CCCCCC(CCCCCCCCCCCCCCC)CCCCCCCCCCCCCCCCCCCC. The van der Waals surface area contributed by atoms with Crippen molar-refractivity contribution in [1.29, 1.82) is 0 Å². The summed E-state index contributed by atoms with van der Waals surface area (Å²) in [5, 5.41) is 0. The largest absolute Gasteiger partial charge is 0.0654 e. The molecule has 0 aromatic carbocycles. The highest BCUT2D eigenvalue weighted by Crippen LogP contribution is 2.25. The minimum atomic E-state index is 1.02. The molecule has 1 unspecified atom stereocenters. The maximum atomic E-state index is 4.05. The van der Waals surface area contributed by atoms with Crippen molar-refractivity contribution in [1.82, 2.24) is 0 Å². The Hall–Kier alpha value is 0. The third kappa shape index (κ3) is 36.2. The van der Waals surface area contributed by atoms with Crippen LogP contribution in [0.1, 0.15) is 258 Å². The highest BCUT2D eigenvalue weighted by atomic mass is 14.1. The van der Waals surface area contributed by atoms with Crippen LogP contribution in [0.25, 0.3) is 0 Å². The third-order valence-electron chi connectivity index (χ3n) is 10.0. The standard InChI is InChI=1S/C42H85/c1-4-7-10-13-15-17-19-21-22-23-24-25-27-29-31-33-35-38-41-42(39-36-12-9-6-3)40-37-34-32-30-28-26-20-18-16-14-11-8-5-2/h42H,3-41H2,1-2H3. The zero-order valence-corrected chi connectivity index (χ0v) is 30.2. The molecular formula is C42H85. The van der Waals surface area contributed by atoms with Gasteiger partial charge in [0.05, 0.1) is 0 Å². The Morgan fingerprint density at radius 3 is 0.667 bits per heavy atom. The van der Waals surface area contributed by atoms with Crippen molar-refractivity contribution in [2.75, 3.05) is 0 Å². The van der Waals surface area contributed by atoms with Gasteiger partial charge in [0.25, 0.3) is 0 Å².